The molecule has 1 unspecified atom stereocenters. The second kappa shape index (κ2) is 4.64. The first kappa shape index (κ1) is 11.1. The van der Waals surface area contributed by atoms with Crippen LogP contribution in [-0.2, 0) is 0 Å². The van der Waals surface area contributed by atoms with E-state index in [-0.39, 0.29) is 0 Å². The summed E-state index contributed by atoms with van der Waals surface area (Å²) in [6.07, 6.45) is -0.194. The van der Waals surface area contributed by atoms with Crippen LogP contribution in [0.5, 0.6) is 5.75 Å². The number of hydrogen-bond acceptors (Lipinski definition) is 3. The maximum absolute atomic E-state index is 9.38. The third kappa shape index (κ3) is 2.60. The molecule has 1 N–H and O–H groups in total. The van der Waals surface area contributed by atoms with Crippen LogP contribution in [0, 0.1) is 0 Å². The maximum atomic E-state index is 9.38. The number of rotatable bonds is 3. The average Bonchev–Trinajstić information content (AvgIpc) is 2.12. The molecule has 0 saturated carbocycles. The summed E-state index contributed by atoms with van der Waals surface area (Å²) in [6, 6.07) is 5.43. The fourth-order valence-corrected chi connectivity index (χ4v) is 2.13. The van der Waals surface area contributed by atoms with Gasteiger partial charge >= 0.3 is 0 Å². The van der Waals surface area contributed by atoms with Gasteiger partial charge in [-0.05, 0) is 24.6 Å². The van der Waals surface area contributed by atoms with E-state index in [0.29, 0.717) is 16.9 Å². The van der Waals surface area contributed by atoms with Gasteiger partial charge in [-0.1, -0.05) is 17.7 Å². The highest BCUT2D eigenvalue weighted by Crippen LogP contribution is 2.31. The van der Waals surface area contributed by atoms with Crippen LogP contribution >= 0.6 is 23.4 Å². The van der Waals surface area contributed by atoms with Crippen molar-refractivity contribution in [1.29, 1.82) is 0 Å². The van der Waals surface area contributed by atoms with Crippen LogP contribution in [0.2, 0.25) is 5.02 Å². The lowest BCUT2D eigenvalue weighted by Crippen LogP contribution is -2.31. The second-order valence-corrected chi connectivity index (χ2v) is 5.13. The molecule has 1 aromatic rings. The molecule has 0 aromatic heterocycles. The zero-order valence-electron chi connectivity index (χ0n) is 8.44. The highest BCUT2D eigenvalue weighted by Gasteiger charge is 2.20. The van der Waals surface area contributed by atoms with Gasteiger partial charge in [0.05, 0.1) is 11.1 Å². The molecule has 2 nitrogen and oxygen atoms in total. The molecule has 1 heterocycles. The van der Waals surface area contributed by atoms with Gasteiger partial charge in [0.25, 0.3) is 0 Å². The highest BCUT2D eigenvalue weighted by molar-refractivity contribution is 8.00. The van der Waals surface area contributed by atoms with Crippen molar-refractivity contribution < 1.29 is 9.84 Å². The summed E-state index contributed by atoms with van der Waals surface area (Å²) in [5.41, 5.74) is 0.815. The van der Waals surface area contributed by atoms with Crippen LogP contribution < -0.4 is 4.74 Å². The number of benzene rings is 1. The molecule has 2 rings (SSSR count). The largest absolute Gasteiger partial charge is 0.487 e. The van der Waals surface area contributed by atoms with Crippen LogP contribution in [0.1, 0.15) is 18.6 Å². The summed E-state index contributed by atoms with van der Waals surface area (Å²) in [5.74, 6) is 2.79. The van der Waals surface area contributed by atoms with Gasteiger partial charge in [0, 0.05) is 11.5 Å². The summed E-state index contributed by atoms with van der Waals surface area (Å²) in [4.78, 5) is 0. The summed E-state index contributed by atoms with van der Waals surface area (Å²) in [7, 11) is 0. The number of halogens is 1. The van der Waals surface area contributed by atoms with Crippen LogP contribution in [0.15, 0.2) is 18.2 Å². The topological polar surface area (TPSA) is 29.5 Å². The zero-order chi connectivity index (χ0) is 10.8. The van der Waals surface area contributed by atoms with E-state index < -0.39 is 6.10 Å². The Bertz CT molecular complexity index is 350. The minimum absolute atomic E-state index is 0.296. The van der Waals surface area contributed by atoms with E-state index in [4.69, 9.17) is 16.3 Å². The molecule has 1 fully saturated rings. The van der Waals surface area contributed by atoms with Gasteiger partial charge in [-0.3, -0.25) is 0 Å². The SMILES string of the molecule is CC(O)c1ccc(OC2CSC2)c(Cl)c1. The smallest absolute Gasteiger partial charge is 0.138 e. The third-order valence-corrected chi connectivity index (χ3v) is 3.85. The summed E-state index contributed by atoms with van der Waals surface area (Å²) in [5, 5.41) is 9.95. The van der Waals surface area contributed by atoms with Gasteiger partial charge in [-0.25, -0.2) is 0 Å². The molecular formula is C11H13ClO2S. The van der Waals surface area contributed by atoms with Gasteiger partial charge < -0.3 is 9.84 Å². The van der Waals surface area contributed by atoms with Crippen LogP contribution in [0.3, 0.4) is 0 Å². The average molecular weight is 245 g/mol. The Morgan fingerprint density at radius 3 is 2.73 bits per heavy atom. The third-order valence-electron chi connectivity index (χ3n) is 2.34. The molecule has 15 heavy (non-hydrogen) atoms. The fraction of sp³-hybridized carbons (Fsp3) is 0.455. The molecule has 1 aromatic carbocycles. The van der Waals surface area contributed by atoms with E-state index in [1.807, 2.05) is 23.9 Å². The van der Waals surface area contributed by atoms with Crippen LogP contribution in [0.4, 0.5) is 0 Å². The molecule has 82 valence electrons. The van der Waals surface area contributed by atoms with Crippen molar-refractivity contribution in [1.82, 2.24) is 0 Å². The summed E-state index contributed by atoms with van der Waals surface area (Å²) < 4.78 is 5.68. The summed E-state index contributed by atoms with van der Waals surface area (Å²) in [6.45, 7) is 1.72. The van der Waals surface area contributed by atoms with Crippen molar-refractivity contribution in [3.8, 4) is 5.75 Å². The normalized spacial score (nSPS) is 18.3. The van der Waals surface area contributed by atoms with E-state index in [1.54, 1.807) is 13.0 Å². The van der Waals surface area contributed by atoms with E-state index in [2.05, 4.69) is 0 Å². The number of ether oxygens (including phenoxy) is 1. The Kier molecular flexibility index (Phi) is 3.44. The van der Waals surface area contributed by atoms with E-state index >= 15 is 0 Å². The molecule has 0 aliphatic carbocycles. The minimum Gasteiger partial charge on any atom is -0.487 e. The van der Waals surface area contributed by atoms with Crippen molar-refractivity contribution in [2.45, 2.75) is 19.1 Å². The predicted molar refractivity (Wildman–Crippen MR) is 63.8 cm³/mol. The summed E-state index contributed by atoms with van der Waals surface area (Å²) >= 11 is 7.93. The Labute approximate surface area is 98.6 Å². The highest BCUT2D eigenvalue weighted by atomic mass is 35.5. The van der Waals surface area contributed by atoms with Gasteiger partial charge in [0.15, 0.2) is 0 Å². The molecular weight excluding hydrogens is 232 g/mol. The quantitative estimate of drug-likeness (QED) is 0.887. The monoisotopic (exact) mass is 244 g/mol. The van der Waals surface area contributed by atoms with Crippen molar-refractivity contribution >= 4 is 23.4 Å². The van der Waals surface area contributed by atoms with Gasteiger partial charge in [-0.2, -0.15) is 11.8 Å². The number of hydrogen-bond donors (Lipinski definition) is 1. The molecule has 0 spiro atoms. The molecule has 0 amide bonds. The first-order valence-corrected chi connectivity index (χ1v) is 6.42. The van der Waals surface area contributed by atoms with Crippen LogP contribution in [0.25, 0.3) is 0 Å². The number of aliphatic hydroxyl groups excluding tert-OH is 1. The van der Waals surface area contributed by atoms with Gasteiger partial charge in [-0.15, -0.1) is 0 Å². The molecule has 0 bridgehead atoms. The minimum atomic E-state index is -0.490. The zero-order valence-corrected chi connectivity index (χ0v) is 10.0. The van der Waals surface area contributed by atoms with Crippen LogP contribution in [-0.4, -0.2) is 22.7 Å². The molecule has 1 aliphatic heterocycles. The van der Waals surface area contributed by atoms with E-state index in [9.17, 15) is 5.11 Å². The Hall–Kier alpha value is -0.380. The van der Waals surface area contributed by atoms with E-state index in [1.165, 1.54) is 0 Å². The second-order valence-electron chi connectivity index (χ2n) is 3.64. The lowest BCUT2D eigenvalue weighted by atomic mass is 10.1. The molecule has 4 heteroatoms. The Morgan fingerprint density at radius 2 is 2.27 bits per heavy atom. The lowest BCUT2D eigenvalue weighted by Gasteiger charge is -2.26. The molecule has 1 aliphatic rings. The van der Waals surface area contributed by atoms with Gasteiger partial charge in [0.2, 0.25) is 0 Å². The van der Waals surface area contributed by atoms with Crippen molar-refractivity contribution in [2.24, 2.45) is 0 Å². The van der Waals surface area contributed by atoms with Crippen molar-refractivity contribution in [3.05, 3.63) is 28.8 Å². The van der Waals surface area contributed by atoms with E-state index in [0.717, 1.165) is 17.1 Å². The van der Waals surface area contributed by atoms with Gasteiger partial charge in [0.1, 0.15) is 11.9 Å². The first-order chi connectivity index (χ1) is 7.16. The van der Waals surface area contributed by atoms with Crippen molar-refractivity contribution in [2.75, 3.05) is 11.5 Å². The fourth-order valence-electron chi connectivity index (χ4n) is 1.33. The number of thioether (sulfide) groups is 1. The Morgan fingerprint density at radius 1 is 1.53 bits per heavy atom. The maximum Gasteiger partial charge on any atom is 0.138 e. The Balaban J connectivity index is 2.11. The lowest BCUT2D eigenvalue weighted by molar-refractivity contribution is 0.199. The predicted octanol–water partition coefficient (Wildman–Crippen LogP) is 2.89. The van der Waals surface area contributed by atoms with Crippen molar-refractivity contribution in [3.63, 3.8) is 0 Å². The molecule has 0 radical (unpaired) electrons. The molecule has 1 saturated heterocycles. The first-order valence-electron chi connectivity index (χ1n) is 4.88. The standard InChI is InChI=1S/C11H13ClO2S/c1-7(13)8-2-3-11(10(12)4-8)14-9-5-15-6-9/h2-4,7,9,13H,5-6H2,1H3. The molecule has 1 atom stereocenters. The number of aliphatic hydroxyl groups is 1.